The van der Waals surface area contributed by atoms with Gasteiger partial charge in [-0.05, 0) is 72.5 Å². The number of aromatic nitrogens is 1. The molecule has 0 saturated carbocycles. The van der Waals surface area contributed by atoms with E-state index >= 15 is 0 Å². The fourth-order valence-corrected chi connectivity index (χ4v) is 3.42. The molecule has 0 bridgehead atoms. The number of oxazole rings is 1. The summed E-state index contributed by atoms with van der Waals surface area (Å²) in [6.45, 7) is 2.02. The molecule has 134 valence electrons. The molecule has 2 aromatic carbocycles. The monoisotopic (exact) mass is 393 g/mol. The number of nitrogens with zero attached hydrogens (tertiary/aromatic N) is 1. The van der Waals surface area contributed by atoms with E-state index in [0.29, 0.717) is 10.8 Å². The summed E-state index contributed by atoms with van der Waals surface area (Å²) in [5.41, 5.74) is 4.35. The van der Waals surface area contributed by atoms with Crippen LogP contribution in [0.25, 0.3) is 22.6 Å². The molecule has 7 heteroatoms. The molecule has 0 aliphatic heterocycles. The van der Waals surface area contributed by atoms with Gasteiger partial charge in [-0.15, -0.1) is 11.3 Å². The van der Waals surface area contributed by atoms with Crippen LogP contribution in [-0.2, 0) is 0 Å². The number of fused-ring (bicyclic) bond motifs is 1. The maximum Gasteiger partial charge on any atom is 0.267 e. The lowest BCUT2D eigenvalue weighted by atomic mass is 10.2. The molecule has 5 nitrogen and oxygen atoms in total. The number of aryl methyl sites for hydroxylation is 1. The molecule has 4 rings (SSSR count). The second-order valence-corrected chi connectivity index (χ2v) is 7.31. The van der Waals surface area contributed by atoms with Crippen LogP contribution < -0.4 is 10.6 Å². The number of carbonyl (C=O) groups is 1. The molecule has 2 heterocycles. The van der Waals surface area contributed by atoms with Crippen LogP contribution in [0.15, 0.2) is 64.4 Å². The minimum atomic E-state index is -0.221. The average Bonchev–Trinajstić information content (AvgIpc) is 3.31. The van der Waals surface area contributed by atoms with E-state index in [1.165, 1.54) is 11.3 Å². The van der Waals surface area contributed by atoms with Crippen LogP contribution in [0.1, 0.15) is 15.2 Å². The van der Waals surface area contributed by atoms with E-state index in [2.05, 4.69) is 15.6 Å². The fourth-order valence-electron chi connectivity index (χ4n) is 2.59. The first kappa shape index (κ1) is 17.4. The van der Waals surface area contributed by atoms with Crippen molar-refractivity contribution in [2.75, 3.05) is 5.32 Å². The molecule has 4 aromatic rings. The Labute approximate surface area is 165 Å². The predicted octanol–water partition coefficient (Wildman–Crippen LogP) is 4.99. The number of thiophene rings is 1. The Morgan fingerprint density at radius 3 is 2.70 bits per heavy atom. The Kier molecular flexibility index (Phi) is 4.70. The molecule has 0 aliphatic rings. The summed E-state index contributed by atoms with van der Waals surface area (Å²) in [5.74, 6) is 0.344. The average molecular weight is 393 g/mol. The third kappa shape index (κ3) is 3.89. The quantitative estimate of drug-likeness (QED) is 0.480. The van der Waals surface area contributed by atoms with Crippen molar-refractivity contribution < 1.29 is 9.21 Å². The molecule has 0 unspecified atom stereocenters. The molecule has 0 spiro atoms. The van der Waals surface area contributed by atoms with Gasteiger partial charge in [0.2, 0.25) is 5.89 Å². The number of hydrogen-bond donors (Lipinski definition) is 2. The maximum atomic E-state index is 12.0. The van der Waals surface area contributed by atoms with Crippen molar-refractivity contribution in [1.29, 1.82) is 0 Å². The van der Waals surface area contributed by atoms with Gasteiger partial charge in [0, 0.05) is 11.3 Å². The summed E-state index contributed by atoms with van der Waals surface area (Å²) in [6.07, 6.45) is 0. The second-order valence-electron chi connectivity index (χ2n) is 5.95. The van der Waals surface area contributed by atoms with E-state index in [1.54, 1.807) is 6.07 Å². The molecule has 0 fully saturated rings. The molecular formula is C20H15N3O2S2. The first-order valence-corrected chi connectivity index (χ1v) is 9.51. The van der Waals surface area contributed by atoms with Gasteiger partial charge in [-0.25, -0.2) is 4.98 Å². The van der Waals surface area contributed by atoms with Gasteiger partial charge in [0.15, 0.2) is 10.7 Å². The third-order valence-electron chi connectivity index (χ3n) is 3.91. The van der Waals surface area contributed by atoms with Crippen LogP contribution in [0.5, 0.6) is 0 Å². The van der Waals surface area contributed by atoms with E-state index in [0.717, 1.165) is 27.9 Å². The van der Waals surface area contributed by atoms with Crippen LogP contribution in [-0.4, -0.2) is 16.0 Å². The van der Waals surface area contributed by atoms with Gasteiger partial charge in [0.1, 0.15) is 5.52 Å². The molecule has 2 N–H and O–H groups in total. The minimum absolute atomic E-state index is 0.221. The zero-order valence-corrected chi connectivity index (χ0v) is 16.0. The lowest BCUT2D eigenvalue weighted by molar-refractivity contribution is 0.0981. The Bertz CT molecular complexity index is 1120. The lowest BCUT2D eigenvalue weighted by Gasteiger charge is -2.09. The van der Waals surface area contributed by atoms with Gasteiger partial charge >= 0.3 is 0 Å². The van der Waals surface area contributed by atoms with Crippen molar-refractivity contribution in [3.05, 3.63) is 70.4 Å². The number of anilines is 1. The number of hydrogen-bond acceptors (Lipinski definition) is 5. The van der Waals surface area contributed by atoms with Gasteiger partial charge in [-0.1, -0.05) is 12.1 Å². The summed E-state index contributed by atoms with van der Waals surface area (Å²) < 4.78 is 5.84. The smallest absolute Gasteiger partial charge is 0.267 e. The van der Waals surface area contributed by atoms with E-state index in [4.69, 9.17) is 16.6 Å². The molecule has 1 amide bonds. The van der Waals surface area contributed by atoms with Crippen molar-refractivity contribution >= 4 is 51.4 Å². The number of thiocarbonyl (C=S) groups is 1. The summed E-state index contributed by atoms with van der Waals surface area (Å²) in [6, 6.07) is 17.0. The Morgan fingerprint density at radius 2 is 1.96 bits per heavy atom. The Balaban J connectivity index is 1.45. The first-order chi connectivity index (χ1) is 13.1. The molecule has 2 aromatic heterocycles. The van der Waals surface area contributed by atoms with E-state index in [1.807, 2.05) is 60.8 Å². The molecule has 27 heavy (non-hydrogen) atoms. The first-order valence-electron chi connectivity index (χ1n) is 8.22. The van der Waals surface area contributed by atoms with E-state index in [-0.39, 0.29) is 11.0 Å². The highest BCUT2D eigenvalue weighted by Crippen LogP contribution is 2.26. The van der Waals surface area contributed by atoms with Gasteiger partial charge < -0.3 is 9.73 Å². The topological polar surface area (TPSA) is 67.2 Å². The van der Waals surface area contributed by atoms with Crippen molar-refractivity contribution in [2.45, 2.75) is 6.92 Å². The Morgan fingerprint density at radius 1 is 1.15 bits per heavy atom. The van der Waals surface area contributed by atoms with Crippen LogP contribution in [0.2, 0.25) is 0 Å². The van der Waals surface area contributed by atoms with E-state index < -0.39 is 0 Å². The largest absolute Gasteiger partial charge is 0.436 e. The summed E-state index contributed by atoms with van der Waals surface area (Å²) in [4.78, 5) is 17.1. The van der Waals surface area contributed by atoms with Crippen LogP contribution in [0, 0.1) is 6.92 Å². The number of benzene rings is 2. The summed E-state index contributed by atoms with van der Waals surface area (Å²) in [7, 11) is 0. The molecule has 0 aliphatic carbocycles. The minimum Gasteiger partial charge on any atom is -0.436 e. The van der Waals surface area contributed by atoms with Crippen LogP contribution in [0.4, 0.5) is 5.69 Å². The van der Waals surface area contributed by atoms with Crippen LogP contribution in [0.3, 0.4) is 0 Å². The van der Waals surface area contributed by atoms with Crippen molar-refractivity contribution in [3.63, 3.8) is 0 Å². The lowest BCUT2D eigenvalue weighted by Crippen LogP contribution is -2.33. The normalized spacial score (nSPS) is 10.7. The standard InChI is InChI=1S/C20H15N3O2S2/c1-12-4-9-15-16(11-12)25-19(22-15)13-5-7-14(8-6-13)21-20(26)23-18(24)17-3-2-10-27-17/h2-11H,1H3,(H2,21,23,24,26). The summed E-state index contributed by atoms with van der Waals surface area (Å²) >= 11 is 6.56. The van der Waals surface area contributed by atoms with Crippen molar-refractivity contribution in [1.82, 2.24) is 10.3 Å². The molecule has 0 saturated heterocycles. The SMILES string of the molecule is Cc1ccc2nc(-c3ccc(NC(=S)NC(=O)c4cccs4)cc3)oc2c1. The predicted molar refractivity (Wildman–Crippen MR) is 112 cm³/mol. The van der Waals surface area contributed by atoms with Gasteiger partial charge in [-0.3, -0.25) is 10.1 Å². The van der Waals surface area contributed by atoms with Crippen LogP contribution >= 0.6 is 23.6 Å². The number of rotatable bonds is 3. The zero-order valence-electron chi connectivity index (χ0n) is 14.4. The van der Waals surface area contributed by atoms with Crippen molar-refractivity contribution in [3.8, 4) is 11.5 Å². The number of carbonyl (C=O) groups excluding carboxylic acids is 1. The highest BCUT2D eigenvalue weighted by molar-refractivity contribution is 7.80. The molecule has 0 atom stereocenters. The maximum absolute atomic E-state index is 12.0. The van der Waals surface area contributed by atoms with Crippen molar-refractivity contribution in [2.24, 2.45) is 0 Å². The Hall–Kier alpha value is -3.03. The summed E-state index contributed by atoms with van der Waals surface area (Å²) in [5, 5.41) is 7.76. The molecule has 0 radical (unpaired) electrons. The number of nitrogens with one attached hydrogen (secondary N) is 2. The van der Waals surface area contributed by atoms with Gasteiger partial charge in [0.05, 0.1) is 4.88 Å². The second kappa shape index (κ2) is 7.30. The highest BCUT2D eigenvalue weighted by Gasteiger charge is 2.10. The zero-order chi connectivity index (χ0) is 18.8. The van der Waals surface area contributed by atoms with E-state index in [9.17, 15) is 4.79 Å². The number of amides is 1. The van der Waals surface area contributed by atoms with Gasteiger partial charge in [-0.2, -0.15) is 0 Å². The molecular weight excluding hydrogens is 378 g/mol. The van der Waals surface area contributed by atoms with Gasteiger partial charge in [0.25, 0.3) is 5.91 Å². The third-order valence-corrected chi connectivity index (χ3v) is 4.98. The highest BCUT2D eigenvalue weighted by atomic mass is 32.1. The fraction of sp³-hybridized carbons (Fsp3) is 0.0500.